The fourth-order valence-corrected chi connectivity index (χ4v) is 5.76. The summed E-state index contributed by atoms with van der Waals surface area (Å²) in [5.74, 6) is -1.31. The van der Waals surface area contributed by atoms with Gasteiger partial charge in [0.1, 0.15) is 6.04 Å². The lowest BCUT2D eigenvalue weighted by atomic mass is 10.0. The quantitative estimate of drug-likeness (QED) is 0.245. The standard InChI is InChI=1S/C37H48N6O4/c1-25(2)20-33(41-36(46)29-12-9-13-31(23-29)43(5)30-15-18-42(4)19-16-30)37(47)40-26(3)34(44)24-39-35(45)22-27-10-8-11-28(21-27)32-14-6-7-17-38-32/h6-14,17,21,23,25-26,30,33H,15-16,18-20,22,24H2,1-5H3,(H,39,45)(H,40,47)(H,41,46). The van der Waals surface area contributed by atoms with Gasteiger partial charge in [0.25, 0.3) is 5.91 Å². The lowest BCUT2D eigenvalue weighted by Gasteiger charge is -2.36. The van der Waals surface area contributed by atoms with E-state index in [1.807, 2.05) is 74.5 Å². The zero-order valence-electron chi connectivity index (χ0n) is 28.2. The second kappa shape index (κ2) is 16.8. The number of hydrogen-bond acceptors (Lipinski definition) is 7. The van der Waals surface area contributed by atoms with Crippen molar-refractivity contribution in [3.63, 3.8) is 0 Å². The summed E-state index contributed by atoms with van der Waals surface area (Å²) in [5.41, 5.74) is 3.94. The number of amides is 3. The Labute approximate surface area is 278 Å². The third-order valence-corrected chi connectivity index (χ3v) is 8.63. The highest BCUT2D eigenvalue weighted by Gasteiger charge is 2.27. The molecular formula is C37H48N6O4. The maximum atomic E-state index is 13.3. The fourth-order valence-electron chi connectivity index (χ4n) is 5.76. The van der Waals surface area contributed by atoms with Crippen molar-refractivity contribution in [2.24, 2.45) is 5.92 Å². The summed E-state index contributed by atoms with van der Waals surface area (Å²) in [6.07, 6.45) is 4.34. The Morgan fingerprint density at radius 2 is 1.68 bits per heavy atom. The van der Waals surface area contributed by atoms with Gasteiger partial charge in [0, 0.05) is 36.1 Å². The molecule has 3 amide bonds. The van der Waals surface area contributed by atoms with E-state index in [2.05, 4.69) is 44.8 Å². The topological polar surface area (TPSA) is 124 Å². The number of carbonyl (C=O) groups is 4. The molecule has 3 aromatic rings. The number of pyridine rings is 1. The zero-order chi connectivity index (χ0) is 33.9. The summed E-state index contributed by atoms with van der Waals surface area (Å²) in [5, 5.41) is 8.30. The van der Waals surface area contributed by atoms with Crippen LogP contribution in [-0.4, -0.2) is 85.2 Å². The first-order valence-corrected chi connectivity index (χ1v) is 16.4. The number of hydrogen-bond donors (Lipinski definition) is 3. The number of likely N-dealkylation sites (tertiary alicyclic amines) is 1. The average molecular weight is 641 g/mol. The molecule has 3 N–H and O–H groups in total. The summed E-state index contributed by atoms with van der Waals surface area (Å²) < 4.78 is 0. The van der Waals surface area contributed by atoms with Gasteiger partial charge < -0.3 is 25.8 Å². The van der Waals surface area contributed by atoms with Gasteiger partial charge in [0.15, 0.2) is 5.78 Å². The molecule has 1 aromatic heterocycles. The molecule has 10 heteroatoms. The summed E-state index contributed by atoms with van der Waals surface area (Å²) in [7, 11) is 4.19. The smallest absolute Gasteiger partial charge is 0.252 e. The fraction of sp³-hybridized carbons (Fsp3) is 0.432. The number of benzene rings is 2. The maximum absolute atomic E-state index is 13.3. The Balaban J connectivity index is 1.29. The minimum Gasteiger partial charge on any atom is -0.371 e. The minimum absolute atomic E-state index is 0.103. The van der Waals surface area contributed by atoms with E-state index in [9.17, 15) is 19.2 Å². The molecule has 1 fully saturated rings. The molecule has 250 valence electrons. The monoisotopic (exact) mass is 640 g/mol. The molecule has 0 bridgehead atoms. The zero-order valence-corrected chi connectivity index (χ0v) is 28.2. The van der Waals surface area contributed by atoms with Gasteiger partial charge in [0.2, 0.25) is 11.8 Å². The van der Waals surface area contributed by atoms with E-state index in [0.29, 0.717) is 18.0 Å². The molecule has 2 aromatic carbocycles. The number of piperidine rings is 1. The van der Waals surface area contributed by atoms with Crippen molar-refractivity contribution in [3.05, 3.63) is 84.1 Å². The van der Waals surface area contributed by atoms with Crippen LogP contribution in [0.1, 0.15) is 56.0 Å². The predicted octanol–water partition coefficient (Wildman–Crippen LogP) is 3.86. The number of nitrogens with zero attached hydrogens (tertiary/aromatic N) is 3. The molecule has 0 aliphatic carbocycles. The van der Waals surface area contributed by atoms with E-state index in [0.717, 1.165) is 48.4 Å². The summed E-state index contributed by atoms with van der Waals surface area (Å²) in [6.45, 7) is 7.38. The van der Waals surface area contributed by atoms with Gasteiger partial charge in [-0.15, -0.1) is 0 Å². The van der Waals surface area contributed by atoms with Crippen LogP contribution in [0, 0.1) is 5.92 Å². The van der Waals surface area contributed by atoms with Gasteiger partial charge >= 0.3 is 0 Å². The Kier molecular flexibility index (Phi) is 12.6. The first-order chi connectivity index (χ1) is 22.5. The molecule has 0 radical (unpaired) electrons. The number of ketones is 1. The Morgan fingerprint density at radius 1 is 0.936 bits per heavy atom. The first-order valence-electron chi connectivity index (χ1n) is 16.4. The number of carbonyl (C=O) groups excluding carboxylic acids is 4. The average Bonchev–Trinajstić information content (AvgIpc) is 3.07. The van der Waals surface area contributed by atoms with Gasteiger partial charge in [-0.05, 0) is 94.2 Å². The molecule has 0 spiro atoms. The van der Waals surface area contributed by atoms with Crippen LogP contribution in [-0.2, 0) is 20.8 Å². The Morgan fingerprint density at radius 3 is 2.38 bits per heavy atom. The van der Waals surface area contributed by atoms with Crippen LogP contribution in [0.3, 0.4) is 0 Å². The van der Waals surface area contributed by atoms with Gasteiger partial charge in [-0.25, -0.2) is 0 Å². The van der Waals surface area contributed by atoms with E-state index in [-0.39, 0.29) is 36.5 Å². The van der Waals surface area contributed by atoms with E-state index in [4.69, 9.17) is 0 Å². The number of nitrogens with one attached hydrogen (secondary N) is 3. The Bertz CT molecular complexity index is 1520. The molecular weight excluding hydrogens is 592 g/mol. The van der Waals surface area contributed by atoms with Crippen molar-refractivity contribution in [3.8, 4) is 11.3 Å². The van der Waals surface area contributed by atoms with Crippen LogP contribution in [0.2, 0.25) is 0 Å². The van der Waals surface area contributed by atoms with Crippen LogP contribution in [0.4, 0.5) is 5.69 Å². The van der Waals surface area contributed by atoms with Gasteiger partial charge in [-0.2, -0.15) is 0 Å². The molecule has 4 rings (SSSR count). The van der Waals surface area contributed by atoms with Crippen molar-refractivity contribution < 1.29 is 19.2 Å². The third kappa shape index (κ3) is 10.5. The lowest BCUT2D eigenvalue weighted by Crippen LogP contribution is -2.52. The summed E-state index contributed by atoms with van der Waals surface area (Å²) in [4.78, 5) is 61.1. The SMILES string of the molecule is CC(C)CC(NC(=O)c1cccc(N(C)C2CCN(C)CC2)c1)C(=O)NC(C)C(=O)CNC(=O)Cc1cccc(-c2ccccn2)c1. The third-order valence-electron chi connectivity index (χ3n) is 8.63. The Hall–Kier alpha value is -4.57. The van der Waals surface area contributed by atoms with Gasteiger partial charge in [0.05, 0.1) is 24.7 Å². The molecule has 2 unspecified atom stereocenters. The second-order valence-corrected chi connectivity index (χ2v) is 12.9. The van der Waals surface area contributed by atoms with Crippen molar-refractivity contribution in [2.45, 2.75) is 64.6 Å². The molecule has 0 saturated carbocycles. The highest BCUT2D eigenvalue weighted by Crippen LogP contribution is 2.23. The molecule has 2 atom stereocenters. The van der Waals surface area contributed by atoms with E-state index in [1.54, 1.807) is 19.2 Å². The summed E-state index contributed by atoms with van der Waals surface area (Å²) >= 11 is 0. The highest BCUT2D eigenvalue weighted by molar-refractivity contribution is 5.99. The number of anilines is 1. The molecule has 2 heterocycles. The number of aromatic nitrogens is 1. The van der Waals surface area contributed by atoms with Crippen LogP contribution < -0.4 is 20.9 Å². The van der Waals surface area contributed by atoms with Crippen molar-refractivity contribution in [1.82, 2.24) is 25.8 Å². The van der Waals surface area contributed by atoms with Gasteiger partial charge in [-0.3, -0.25) is 24.2 Å². The molecule has 47 heavy (non-hydrogen) atoms. The molecule has 1 aliphatic heterocycles. The van der Waals surface area contributed by atoms with E-state index < -0.39 is 18.0 Å². The van der Waals surface area contributed by atoms with Crippen molar-refractivity contribution >= 4 is 29.2 Å². The largest absolute Gasteiger partial charge is 0.371 e. The van der Waals surface area contributed by atoms with Crippen LogP contribution in [0.5, 0.6) is 0 Å². The number of Topliss-reactive ketones (excluding diaryl/α,β-unsaturated/α-hetero) is 1. The van der Waals surface area contributed by atoms with Crippen molar-refractivity contribution in [2.75, 3.05) is 38.6 Å². The van der Waals surface area contributed by atoms with Gasteiger partial charge in [-0.1, -0.05) is 44.2 Å². The molecule has 1 aliphatic rings. The van der Waals surface area contributed by atoms with E-state index in [1.165, 1.54) is 0 Å². The first kappa shape index (κ1) is 35.3. The summed E-state index contributed by atoms with van der Waals surface area (Å²) in [6, 6.07) is 19.4. The van der Waals surface area contributed by atoms with E-state index >= 15 is 0 Å². The number of rotatable bonds is 14. The molecule has 10 nitrogen and oxygen atoms in total. The van der Waals surface area contributed by atoms with Crippen molar-refractivity contribution in [1.29, 1.82) is 0 Å². The molecule has 1 saturated heterocycles. The maximum Gasteiger partial charge on any atom is 0.252 e. The van der Waals surface area contributed by atoms with Crippen LogP contribution in [0.15, 0.2) is 72.9 Å². The predicted molar refractivity (Wildman–Crippen MR) is 185 cm³/mol. The lowest BCUT2D eigenvalue weighted by molar-refractivity contribution is -0.129. The minimum atomic E-state index is -0.853. The normalized spacial score (nSPS) is 15.0. The van der Waals surface area contributed by atoms with Crippen LogP contribution >= 0.6 is 0 Å². The highest BCUT2D eigenvalue weighted by atomic mass is 16.2. The van der Waals surface area contributed by atoms with Crippen LogP contribution in [0.25, 0.3) is 11.3 Å². The second-order valence-electron chi connectivity index (χ2n) is 12.9.